The highest BCUT2D eigenvalue weighted by Gasteiger charge is 2.18. The van der Waals surface area contributed by atoms with Gasteiger partial charge in [-0.2, -0.15) is 0 Å². The van der Waals surface area contributed by atoms with E-state index in [2.05, 4.69) is 10.6 Å². The van der Waals surface area contributed by atoms with Gasteiger partial charge < -0.3 is 25.0 Å². The molecule has 144 valence electrons. The number of carbonyl (C=O) groups is 2. The van der Waals surface area contributed by atoms with Crippen LogP contribution in [-0.2, 0) is 9.59 Å². The number of anilines is 2. The maximum atomic E-state index is 12.3. The van der Waals surface area contributed by atoms with Gasteiger partial charge in [-0.25, -0.2) is 0 Å². The van der Waals surface area contributed by atoms with Crippen LogP contribution in [0.15, 0.2) is 48.5 Å². The molecule has 0 bridgehead atoms. The topological polar surface area (TPSA) is 81.1 Å². The average Bonchev–Trinajstić information content (AvgIpc) is 2.67. The van der Waals surface area contributed by atoms with Gasteiger partial charge >= 0.3 is 0 Å². The molecule has 2 amide bonds. The number of ether oxygens (including phenoxy) is 2. The molecule has 27 heavy (non-hydrogen) atoms. The summed E-state index contributed by atoms with van der Waals surface area (Å²) in [7, 11) is 3.13. The normalized spacial score (nSPS) is 11.4. The first kappa shape index (κ1) is 20.3. The minimum absolute atomic E-state index is 0.162. The Hall–Kier alpha value is -3.06. The van der Waals surface area contributed by atoms with Crippen molar-refractivity contribution in [3.63, 3.8) is 0 Å². The number of nitrogens with one attached hydrogen (secondary N) is 3. The molecule has 0 spiro atoms. The molecule has 0 radical (unpaired) electrons. The second-order valence-electron chi connectivity index (χ2n) is 5.99. The van der Waals surface area contributed by atoms with Crippen LogP contribution in [0.3, 0.4) is 0 Å². The molecule has 0 aliphatic carbocycles. The van der Waals surface area contributed by atoms with Gasteiger partial charge in [0.2, 0.25) is 0 Å². The van der Waals surface area contributed by atoms with E-state index >= 15 is 0 Å². The molecule has 0 saturated heterocycles. The molecule has 1 atom stereocenters. The molecule has 2 aromatic rings. The Morgan fingerprint density at radius 2 is 1.63 bits per heavy atom. The lowest BCUT2D eigenvalue weighted by atomic mass is 10.3. The van der Waals surface area contributed by atoms with Crippen molar-refractivity contribution in [2.24, 2.45) is 0 Å². The summed E-state index contributed by atoms with van der Waals surface area (Å²) < 4.78 is 10.4. The Labute approximate surface area is 159 Å². The molecule has 7 heteroatoms. The van der Waals surface area contributed by atoms with Gasteiger partial charge in [0, 0.05) is 11.8 Å². The Morgan fingerprint density at radius 1 is 0.926 bits per heavy atom. The third-order valence-corrected chi connectivity index (χ3v) is 4.06. The highest BCUT2D eigenvalue weighted by atomic mass is 16.5. The van der Waals surface area contributed by atoms with Crippen molar-refractivity contribution < 1.29 is 24.0 Å². The molecule has 2 rings (SSSR count). The predicted molar refractivity (Wildman–Crippen MR) is 104 cm³/mol. The Kier molecular flexibility index (Phi) is 7.63. The van der Waals surface area contributed by atoms with Gasteiger partial charge in [0.15, 0.2) is 13.1 Å². The van der Waals surface area contributed by atoms with Crippen LogP contribution in [-0.4, -0.2) is 45.7 Å². The summed E-state index contributed by atoms with van der Waals surface area (Å²) in [5.74, 6) is 0.930. The zero-order chi connectivity index (χ0) is 19.6. The summed E-state index contributed by atoms with van der Waals surface area (Å²) in [6.45, 7) is 2.95. The number of hydrogen-bond donors (Lipinski definition) is 3. The number of likely N-dealkylation sites (N-methyl/N-ethyl adjacent to an activating group) is 1. The number of hydrogen-bond acceptors (Lipinski definition) is 4. The van der Waals surface area contributed by atoms with Crippen LogP contribution in [0, 0.1) is 0 Å². The molecule has 0 fully saturated rings. The number of rotatable bonds is 9. The van der Waals surface area contributed by atoms with Crippen molar-refractivity contribution in [1.82, 2.24) is 0 Å². The molecule has 3 N–H and O–H groups in total. The lowest BCUT2D eigenvalue weighted by Crippen LogP contribution is -3.13. The van der Waals surface area contributed by atoms with E-state index in [4.69, 9.17) is 9.47 Å². The van der Waals surface area contributed by atoms with Gasteiger partial charge in [0.25, 0.3) is 11.8 Å². The van der Waals surface area contributed by atoms with E-state index in [0.717, 1.165) is 4.90 Å². The smallest absolute Gasteiger partial charge is 0.279 e. The van der Waals surface area contributed by atoms with Crippen molar-refractivity contribution in [3.8, 4) is 11.5 Å². The number of para-hydroxylation sites is 2. The molecule has 0 saturated carbocycles. The van der Waals surface area contributed by atoms with Gasteiger partial charge in [-0.15, -0.1) is 0 Å². The molecule has 0 aliphatic rings. The first-order valence-electron chi connectivity index (χ1n) is 8.76. The van der Waals surface area contributed by atoms with Crippen LogP contribution in [0.2, 0.25) is 0 Å². The quantitative estimate of drug-likeness (QED) is 0.618. The van der Waals surface area contributed by atoms with E-state index in [-0.39, 0.29) is 24.9 Å². The van der Waals surface area contributed by atoms with Gasteiger partial charge in [-0.05, 0) is 31.2 Å². The van der Waals surface area contributed by atoms with Crippen molar-refractivity contribution >= 4 is 23.2 Å². The molecule has 1 unspecified atom stereocenters. The van der Waals surface area contributed by atoms with E-state index in [1.807, 2.05) is 19.1 Å². The highest BCUT2D eigenvalue weighted by molar-refractivity contribution is 5.94. The lowest BCUT2D eigenvalue weighted by molar-refractivity contribution is -0.881. The molecule has 0 aliphatic heterocycles. The number of amides is 2. The maximum Gasteiger partial charge on any atom is 0.279 e. The second-order valence-corrected chi connectivity index (χ2v) is 5.99. The summed E-state index contributed by atoms with van der Waals surface area (Å²) in [5, 5.41) is 5.66. The van der Waals surface area contributed by atoms with Gasteiger partial charge in [-0.1, -0.05) is 18.2 Å². The minimum atomic E-state index is -0.175. The monoisotopic (exact) mass is 372 g/mol. The van der Waals surface area contributed by atoms with Crippen LogP contribution in [0.25, 0.3) is 0 Å². The molecule has 0 aromatic heterocycles. The first-order chi connectivity index (χ1) is 13.0. The number of carbonyl (C=O) groups excluding carboxylic acids is 2. The minimum Gasteiger partial charge on any atom is -0.497 e. The van der Waals surface area contributed by atoms with Gasteiger partial charge in [-0.3, -0.25) is 9.59 Å². The van der Waals surface area contributed by atoms with Crippen molar-refractivity contribution in [2.45, 2.75) is 6.92 Å². The number of quaternary nitrogens is 1. The Balaban J connectivity index is 1.90. The molecule has 7 nitrogen and oxygen atoms in total. The highest BCUT2D eigenvalue weighted by Crippen LogP contribution is 2.22. The predicted octanol–water partition coefficient (Wildman–Crippen LogP) is 1.19. The standard InChI is InChI=1S/C20H25N3O4/c1-4-23(13-19(24)21-15-8-7-9-16(12-15)26-2)14-20(25)22-17-10-5-6-11-18(17)27-3/h5-12H,4,13-14H2,1-3H3,(H,21,24)(H,22,25)/p+1. The van der Waals surface area contributed by atoms with E-state index in [1.165, 1.54) is 0 Å². The van der Waals surface area contributed by atoms with Crippen molar-refractivity contribution in [1.29, 1.82) is 0 Å². The third kappa shape index (κ3) is 6.31. The average molecular weight is 372 g/mol. The van der Waals surface area contributed by atoms with Gasteiger partial charge in [0.05, 0.1) is 26.5 Å². The summed E-state index contributed by atoms with van der Waals surface area (Å²) in [4.78, 5) is 25.5. The second kappa shape index (κ2) is 10.2. The molecular weight excluding hydrogens is 346 g/mol. The number of methoxy groups -OCH3 is 2. The fraction of sp³-hybridized carbons (Fsp3) is 0.300. The summed E-state index contributed by atoms with van der Waals surface area (Å²) >= 11 is 0. The largest absolute Gasteiger partial charge is 0.497 e. The molecule has 2 aromatic carbocycles. The van der Waals surface area contributed by atoms with Crippen LogP contribution >= 0.6 is 0 Å². The Morgan fingerprint density at radius 3 is 2.30 bits per heavy atom. The fourth-order valence-electron chi connectivity index (χ4n) is 2.61. The van der Waals surface area contributed by atoms with E-state index < -0.39 is 0 Å². The van der Waals surface area contributed by atoms with Crippen LogP contribution in [0.1, 0.15) is 6.92 Å². The van der Waals surface area contributed by atoms with Crippen molar-refractivity contribution in [3.05, 3.63) is 48.5 Å². The van der Waals surface area contributed by atoms with Crippen LogP contribution in [0.4, 0.5) is 11.4 Å². The van der Waals surface area contributed by atoms with E-state index in [1.54, 1.807) is 50.6 Å². The lowest BCUT2D eigenvalue weighted by Gasteiger charge is -2.17. The zero-order valence-corrected chi connectivity index (χ0v) is 15.9. The van der Waals surface area contributed by atoms with Crippen LogP contribution < -0.4 is 25.0 Å². The van der Waals surface area contributed by atoms with Crippen molar-refractivity contribution in [2.75, 3.05) is 44.5 Å². The third-order valence-electron chi connectivity index (χ3n) is 4.06. The van der Waals surface area contributed by atoms with Gasteiger partial charge in [0.1, 0.15) is 11.5 Å². The summed E-state index contributed by atoms with van der Waals surface area (Å²) in [6, 6.07) is 14.4. The maximum absolute atomic E-state index is 12.3. The van der Waals surface area contributed by atoms with Crippen LogP contribution in [0.5, 0.6) is 11.5 Å². The molecule has 0 heterocycles. The fourth-order valence-corrected chi connectivity index (χ4v) is 2.61. The SMILES string of the molecule is CC[NH+](CC(=O)Nc1cccc(OC)c1)CC(=O)Nc1ccccc1OC. The summed E-state index contributed by atoms with van der Waals surface area (Å²) in [6.07, 6.45) is 0. The van der Waals surface area contributed by atoms with E-state index in [0.29, 0.717) is 29.4 Å². The Bertz CT molecular complexity index is 779. The van der Waals surface area contributed by atoms with E-state index in [9.17, 15) is 9.59 Å². The summed E-state index contributed by atoms with van der Waals surface area (Å²) in [5.41, 5.74) is 1.27. The number of benzene rings is 2. The first-order valence-corrected chi connectivity index (χ1v) is 8.76. The zero-order valence-electron chi connectivity index (χ0n) is 15.9. The molecular formula is C20H26N3O4+.